The Balaban J connectivity index is 1.31. The van der Waals surface area contributed by atoms with Crippen LogP contribution in [0.2, 0.25) is 0 Å². The number of hydrogen-bond acceptors (Lipinski definition) is 4. The van der Waals surface area contributed by atoms with Gasteiger partial charge in [-0.1, -0.05) is 55.0 Å². The number of ether oxygens (including phenoxy) is 1. The molecule has 3 heterocycles. The van der Waals surface area contributed by atoms with Crippen molar-refractivity contribution in [2.45, 2.75) is 25.7 Å². The van der Waals surface area contributed by atoms with Gasteiger partial charge in [-0.2, -0.15) is 0 Å². The highest BCUT2D eigenvalue weighted by Crippen LogP contribution is 2.27. The summed E-state index contributed by atoms with van der Waals surface area (Å²) in [7, 11) is 0. The third-order valence-corrected chi connectivity index (χ3v) is 5.92. The highest BCUT2D eigenvalue weighted by atomic mass is 16.5. The van der Waals surface area contributed by atoms with Gasteiger partial charge in [0.2, 0.25) is 5.88 Å². The smallest absolute Gasteiger partial charge is 0.231 e. The molecule has 1 aliphatic heterocycles. The zero-order valence-electron chi connectivity index (χ0n) is 17.8. The van der Waals surface area contributed by atoms with Gasteiger partial charge >= 0.3 is 0 Å². The van der Waals surface area contributed by atoms with Crippen LogP contribution >= 0.6 is 0 Å². The third kappa shape index (κ3) is 4.62. The fraction of sp³-hybridized carbons (Fsp3) is 0.308. The van der Waals surface area contributed by atoms with E-state index in [1.807, 2.05) is 28.9 Å². The molecule has 1 aliphatic rings. The number of piperidine rings is 1. The van der Waals surface area contributed by atoms with E-state index in [1.165, 1.54) is 43.5 Å². The standard InChI is InChI=1S/C26H28N4O/c1-3-9-21(10-4-1)22-11-7-12-23(19-22)24-20-27-25-13-14-26(28-30(24)25)31-18-8-17-29-15-5-2-6-16-29/h1,3-4,7,9-14,19-20H,2,5-6,8,15-18H2. The molecule has 1 fully saturated rings. The van der Waals surface area contributed by atoms with E-state index >= 15 is 0 Å². The highest BCUT2D eigenvalue weighted by Gasteiger charge is 2.11. The summed E-state index contributed by atoms with van der Waals surface area (Å²) in [5, 5.41) is 4.72. The van der Waals surface area contributed by atoms with E-state index in [2.05, 4.69) is 58.4 Å². The first kappa shape index (κ1) is 19.8. The van der Waals surface area contributed by atoms with Crippen molar-refractivity contribution in [3.8, 4) is 28.3 Å². The van der Waals surface area contributed by atoms with Crippen molar-refractivity contribution in [2.75, 3.05) is 26.2 Å². The zero-order chi connectivity index (χ0) is 20.9. The Kier molecular flexibility index (Phi) is 5.94. The number of likely N-dealkylation sites (tertiary alicyclic amines) is 1. The van der Waals surface area contributed by atoms with E-state index in [0.717, 1.165) is 29.9 Å². The summed E-state index contributed by atoms with van der Waals surface area (Å²) in [6.45, 7) is 4.24. The highest BCUT2D eigenvalue weighted by molar-refractivity contribution is 5.72. The first-order valence-corrected chi connectivity index (χ1v) is 11.2. The van der Waals surface area contributed by atoms with Crippen LogP contribution in [0.1, 0.15) is 25.7 Å². The molecule has 0 aliphatic carbocycles. The molecule has 0 spiro atoms. The molecule has 0 atom stereocenters. The van der Waals surface area contributed by atoms with Gasteiger partial charge in [0.15, 0.2) is 5.65 Å². The number of nitrogens with zero attached hydrogens (tertiary/aromatic N) is 4. The molecule has 5 rings (SSSR count). The first-order chi connectivity index (χ1) is 15.4. The van der Waals surface area contributed by atoms with Gasteiger partial charge in [0.1, 0.15) is 0 Å². The van der Waals surface area contributed by atoms with Gasteiger partial charge in [-0.3, -0.25) is 0 Å². The maximum Gasteiger partial charge on any atom is 0.231 e. The monoisotopic (exact) mass is 412 g/mol. The molecule has 31 heavy (non-hydrogen) atoms. The van der Waals surface area contributed by atoms with Gasteiger partial charge in [-0.15, -0.1) is 5.10 Å². The Morgan fingerprint density at radius 3 is 2.48 bits per heavy atom. The Morgan fingerprint density at radius 2 is 1.61 bits per heavy atom. The summed E-state index contributed by atoms with van der Waals surface area (Å²) in [5.41, 5.74) is 5.25. The molecule has 0 N–H and O–H groups in total. The molecule has 0 saturated carbocycles. The molecule has 2 aromatic carbocycles. The van der Waals surface area contributed by atoms with Crippen LogP contribution in [-0.2, 0) is 0 Å². The minimum atomic E-state index is 0.643. The predicted octanol–water partition coefficient (Wildman–Crippen LogP) is 5.32. The largest absolute Gasteiger partial charge is 0.477 e. The molecule has 0 bridgehead atoms. The molecular weight excluding hydrogens is 384 g/mol. The normalized spacial score (nSPS) is 14.7. The number of fused-ring (bicyclic) bond motifs is 1. The Labute approximate surface area is 183 Å². The van der Waals surface area contributed by atoms with Crippen molar-refractivity contribution < 1.29 is 4.74 Å². The lowest BCUT2D eigenvalue weighted by Gasteiger charge is -2.26. The molecule has 5 heteroatoms. The Hall–Kier alpha value is -3.18. The maximum atomic E-state index is 5.97. The summed E-state index contributed by atoms with van der Waals surface area (Å²) >= 11 is 0. The summed E-state index contributed by atoms with van der Waals surface area (Å²) in [5.74, 6) is 0.643. The molecule has 0 radical (unpaired) electrons. The van der Waals surface area contributed by atoms with Crippen LogP contribution in [-0.4, -0.2) is 45.7 Å². The van der Waals surface area contributed by atoms with E-state index in [1.54, 1.807) is 0 Å². The van der Waals surface area contributed by atoms with E-state index in [0.29, 0.717) is 12.5 Å². The fourth-order valence-corrected chi connectivity index (χ4v) is 4.27. The summed E-state index contributed by atoms with van der Waals surface area (Å²) in [4.78, 5) is 7.07. The van der Waals surface area contributed by atoms with Crippen LogP contribution in [0.5, 0.6) is 5.88 Å². The average molecular weight is 413 g/mol. The van der Waals surface area contributed by atoms with Crippen molar-refractivity contribution in [1.82, 2.24) is 19.5 Å². The van der Waals surface area contributed by atoms with Gasteiger partial charge < -0.3 is 9.64 Å². The fourth-order valence-electron chi connectivity index (χ4n) is 4.27. The second-order valence-corrected chi connectivity index (χ2v) is 8.14. The molecular formula is C26H28N4O. The average Bonchev–Trinajstić information content (AvgIpc) is 3.26. The second kappa shape index (κ2) is 9.31. The molecule has 2 aromatic heterocycles. The van der Waals surface area contributed by atoms with Gasteiger partial charge in [0, 0.05) is 18.2 Å². The van der Waals surface area contributed by atoms with Crippen LogP contribution in [0.4, 0.5) is 0 Å². The topological polar surface area (TPSA) is 42.7 Å². The molecule has 4 aromatic rings. The van der Waals surface area contributed by atoms with Crippen LogP contribution in [0, 0.1) is 0 Å². The molecule has 158 valence electrons. The SMILES string of the molecule is c1ccc(-c2cccc(-c3cnc4ccc(OCCCN5CCCCC5)nn34)c2)cc1. The second-order valence-electron chi connectivity index (χ2n) is 8.14. The third-order valence-electron chi connectivity index (χ3n) is 5.92. The number of hydrogen-bond donors (Lipinski definition) is 0. The van der Waals surface area contributed by atoms with Gasteiger partial charge in [-0.25, -0.2) is 9.50 Å². The van der Waals surface area contributed by atoms with Crippen LogP contribution in [0.25, 0.3) is 28.0 Å². The zero-order valence-corrected chi connectivity index (χ0v) is 17.8. The van der Waals surface area contributed by atoms with Gasteiger partial charge in [0.25, 0.3) is 0 Å². The number of imidazole rings is 1. The van der Waals surface area contributed by atoms with Gasteiger partial charge in [-0.05, 0) is 55.6 Å². The maximum absolute atomic E-state index is 5.97. The lowest BCUT2D eigenvalue weighted by atomic mass is 10.0. The summed E-state index contributed by atoms with van der Waals surface area (Å²) < 4.78 is 7.85. The number of rotatable bonds is 7. The number of aromatic nitrogens is 3. The predicted molar refractivity (Wildman–Crippen MR) is 124 cm³/mol. The van der Waals surface area contributed by atoms with Crippen molar-refractivity contribution in [3.63, 3.8) is 0 Å². The van der Waals surface area contributed by atoms with Gasteiger partial charge in [0.05, 0.1) is 18.5 Å². The Morgan fingerprint density at radius 1 is 0.806 bits per heavy atom. The lowest BCUT2D eigenvalue weighted by molar-refractivity contribution is 0.202. The minimum absolute atomic E-state index is 0.643. The molecule has 1 saturated heterocycles. The summed E-state index contributed by atoms with van der Waals surface area (Å²) in [6.07, 6.45) is 6.93. The van der Waals surface area contributed by atoms with E-state index in [-0.39, 0.29) is 0 Å². The Bertz CT molecular complexity index is 1130. The van der Waals surface area contributed by atoms with E-state index < -0.39 is 0 Å². The lowest BCUT2D eigenvalue weighted by Crippen LogP contribution is -2.31. The summed E-state index contributed by atoms with van der Waals surface area (Å²) in [6, 6.07) is 22.8. The minimum Gasteiger partial charge on any atom is -0.477 e. The number of benzene rings is 2. The van der Waals surface area contributed by atoms with Crippen LogP contribution in [0.3, 0.4) is 0 Å². The molecule has 5 nitrogen and oxygen atoms in total. The first-order valence-electron chi connectivity index (χ1n) is 11.2. The van der Waals surface area contributed by atoms with Crippen molar-refractivity contribution >= 4 is 5.65 Å². The van der Waals surface area contributed by atoms with E-state index in [9.17, 15) is 0 Å². The van der Waals surface area contributed by atoms with Crippen molar-refractivity contribution in [2.24, 2.45) is 0 Å². The molecule has 0 unspecified atom stereocenters. The van der Waals surface area contributed by atoms with E-state index in [4.69, 9.17) is 9.84 Å². The van der Waals surface area contributed by atoms with Crippen molar-refractivity contribution in [1.29, 1.82) is 0 Å². The molecule has 0 amide bonds. The van der Waals surface area contributed by atoms with Crippen LogP contribution in [0.15, 0.2) is 72.9 Å². The quantitative estimate of drug-likeness (QED) is 0.385. The van der Waals surface area contributed by atoms with Crippen LogP contribution < -0.4 is 4.74 Å². The van der Waals surface area contributed by atoms with Crippen molar-refractivity contribution in [3.05, 3.63) is 72.9 Å².